The van der Waals surface area contributed by atoms with E-state index in [0.29, 0.717) is 16.4 Å². The fourth-order valence-corrected chi connectivity index (χ4v) is 3.85. The third-order valence-corrected chi connectivity index (χ3v) is 5.14. The van der Waals surface area contributed by atoms with Gasteiger partial charge in [0.2, 0.25) is 5.91 Å². The molecule has 0 bridgehead atoms. The van der Waals surface area contributed by atoms with Crippen LogP contribution in [0.2, 0.25) is 0 Å². The fraction of sp³-hybridized carbons (Fsp3) is 0.300. The summed E-state index contributed by atoms with van der Waals surface area (Å²) in [6.07, 6.45) is 0.982. The number of aromatic nitrogens is 1. The summed E-state index contributed by atoms with van der Waals surface area (Å²) in [4.78, 5) is 20.8. The number of nitrogens with zero attached hydrogens (tertiary/aromatic N) is 3. The molecule has 0 saturated carbocycles. The first kappa shape index (κ1) is 19.4. The van der Waals surface area contributed by atoms with E-state index in [2.05, 4.69) is 4.98 Å². The van der Waals surface area contributed by atoms with Crippen molar-refractivity contribution in [3.8, 4) is 0 Å². The number of thiazole rings is 1. The quantitative estimate of drug-likeness (QED) is 0.610. The number of amides is 1. The minimum absolute atomic E-state index is 0.0986. The molecule has 0 radical (unpaired) electrons. The molecule has 2 aromatic carbocycles. The van der Waals surface area contributed by atoms with Crippen LogP contribution in [-0.2, 0) is 11.2 Å². The highest BCUT2D eigenvalue weighted by Crippen LogP contribution is 2.31. The van der Waals surface area contributed by atoms with Gasteiger partial charge in [-0.3, -0.25) is 9.69 Å². The Morgan fingerprint density at radius 1 is 1.11 bits per heavy atom. The van der Waals surface area contributed by atoms with Crippen LogP contribution < -0.4 is 4.90 Å². The molecule has 0 fully saturated rings. The van der Waals surface area contributed by atoms with Gasteiger partial charge in [0.25, 0.3) is 0 Å². The lowest BCUT2D eigenvalue weighted by Gasteiger charge is -2.21. The third-order valence-electron chi connectivity index (χ3n) is 4.12. The van der Waals surface area contributed by atoms with Crippen LogP contribution in [0.3, 0.4) is 0 Å². The van der Waals surface area contributed by atoms with E-state index in [1.807, 2.05) is 49.3 Å². The van der Waals surface area contributed by atoms with Crippen molar-refractivity contribution in [1.29, 1.82) is 0 Å². The Labute approximate surface area is 161 Å². The van der Waals surface area contributed by atoms with Crippen LogP contribution in [0.15, 0.2) is 42.5 Å². The van der Waals surface area contributed by atoms with Gasteiger partial charge in [0.1, 0.15) is 11.3 Å². The molecule has 3 aromatic rings. The number of carbonyl (C=O) groups excluding carboxylic acids is 1. The monoisotopic (exact) mass is 389 g/mol. The van der Waals surface area contributed by atoms with Gasteiger partial charge in [-0.15, -0.1) is 0 Å². The normalized spacial score (nSPS) is 11.3. The summed E-state index contributed by atoms with van der Waals surface area (Å²) in [5, 5.41) is 0.397. The molecule has 1 aromatic heterocycles. The largest absolute Gasteiger partial charge is 0.309 e. The topological polar surface area (TPSA) is 36.4 Å². The first-order valence-corrected chi connectivity index (χ1v) is 9.50. The SMILES string of the molecule is CN(C)CCCN(C(=O)Cc1ccccc1)c1nc2c(F)cc(F)cc2s1. The van der Waals surface area contributed by atoms with E-state index in [-0.39, 0.29) is 17.8 Å². The number of anilines is 1. The molecule has 3 rings (SSSR count). The van der Waals surface area contributed by atoms with E-state index in [1.165, 1.54) is 6.07 Å². The van der Waals surface area contributed by atoms with Gasteiger partial charge < -0.3 is 4.90 Å². The standard InChI is InChI=1S/C20H21F2N3OS/c1-24(2)9-6-10-25(18(26)11-14-7-4-3-5-8-14)20-23-19-16(22)12-15(21)13-17(19)27-20/h3-5,7-8,12-13H,6,9-11H2,1-2H3. The number of hydrogen-bond acceptors (Lipinski definition) is 4. The van der Waals surface area contributed by atoms with Crippen molar-refractivity contribution < 1.29 is 13.6 Å². The average molecular weight is 389 g/mol. The third kappa shape index (κ3) is 4.87. The minimum Gasteiger partial charge on any atom is -0.309 e. The molecule has 0 saturated heterocycles. The van der Waals surface area contributed by atoms with Gasteiger partial charge >= 0.3 is 0 Å². The fourth-order valence-electron chi connectivity index (χ4n) is 2.80. The van der Waals surface area contributed by atoms with E-state index in [0.717, 1.165) is 35.9 Å². The van der Waals surface area contributed by atoms with Crippen molar-refractivity contribution in [3.63, 3.8) is 0 Å². The summed E-state index contributed by atoms with van der Waals surface area (Å²) in [7, 11) is 3.93. The van der Waals surface area contributed by atoms with Gasteiger partial charge in [0.05, 0.1) is 11.1 Å². The number of rotatable bonds is 7. The Balaban J connectivity index is 1.89. The molecule has 142 valence electrons. The maximum atomic E-state index is 14.0. The molecule has 0 aliphatic carbocycles. The molecule has 1 amide bonds. The summed E-state index contributed by atoms with van der Waals surface area (Å²) in [6.45, 7) is 1.27. The summed E-state index contributed by atoms with van der Waals surface area (Å²) < 4.78 is 27.9. The molecule has 0 N–H and O–H groups in total. The molecule has 0 aliphatic rings. The van der Waals surface area contributed by atoms with Crippen LogP contribution in [0, 0.1) is 11.6 Å². The zero-order valence-electron chi connectivity index (χ0n) is 15.3. The van der Waals surface area contributed by atoms with Gasteiger partial charge in [-0.2, -0.15) is 0 Å². The highest BCUT2D eigenvalue weighted by atomic mass is 32.1. The van der Waals surface area contributed by atoms with Crippen molar-refractivity contribution in [2.45, 2.75) is 12.8 Å². The van der Waals surface area contributed by atoms with Crippen LogP contribution in [0.5, 0.6) is 0 Å². The molecule has 4 nitrogen and oxygen atoms in total. The lowest BCUT2D eigenvalue weighted by atomic mass is 10.1. The number of carbonyl (C=O) groups is 1. The zero-order chi connectivity index (χ0) is 19.4. The lowest BCUT2D eigenvalue weighted by Crippen LogP contribution is -2.34. The Morgan fingerprint density at radius 2 is 1.85 bits per heavy atom. The number of hydrogen-bond donors (Lipinski definition) is 0. The molecule has 0 aliphatic heterocycles. The van der Waals surface area contributed by atoms with Crippen LogP contribution in [0.4, 0.5) is 13.9 Å². The second-order valence-corrected chi connectivity index (χ2v) is 7.60. The van der Waals surface area contributed by atoms with Crippen LogP contribution in [-0.4, -0.2) is 43.0 Å². The highest BCUT2D eigenvalue weighted by Gasteiger charge is 2.21. The Morgan fingerprint density at radius 3 is 2.56 bits per heavy atom. The van der Waals surface area contributed by atoms with Crippen molar-refractivity contribution in [3.05, 3.63) is 59.7 Å². The number of halogens is 2. The maximum absolute atomic E-state index is 14.0. The minimum atomic E-state index is -0.712. The first-order chi connectivity index (χ1) is 12.9. The van der Waals surface area contributed by atoms with E-state index in [9.17, 15) is 13.6 Å². The molecular weight excluding hydrogens is 368 g/mol. The Bertz CT molecular complexity index is 928. The maximum Gasteiger partial charge on any atom is 0.233 e. The van der Waals surface area contributed by atoms with Crippen LogP contribution in [0.1, 0.15) is 12.0 Å². The predicted molar refractivity (Wildman–Crippen MR) is 105 cm³/mol. The highest BCUT2D eigenvalue weighted by molar-refractivity contribution is 7.22. The number of benzene rings is 2. The van der Waals surface area contributed by atoms with Gasteiger partial charge in [-0.25, -0.2) is 13.8 Å². The zero-order valence-corrected chi connectivity index (χ0v) is 16.1. The summed E-state index contributed by atoms with van der Waals surface area (Å²) >= 11 is 1.13. The van der Waals surface area contributed by atoms with Gasteiger partial charge in [-0.1, -0.05) is 41.7 Å². The van der Waals surface area contributed by atoms with E-state index >= 15 is 0 Å². The predicted octanol–water partition coefficient (Wildman–Crippen LogP) is 4.10. The Kier molecular flexibility index (Phi) is 6.13. The van der Waals surface area contributed by atoms with Crippen molar-refractivity contribution >= 4 is 32.6 Å². The molecule has 0 unspecified atom stereocenters. The molecule has 27 heavy (non-hydrogen) atoms. The Hall–Kier alpha value is -2.38. The van der Waals surface area contributed by atoms with Crippen molar-refractivity contribution in [2.75, 3.05) is 32.1 Å². The lowest BCUT2D eigenvalue weighted by molar-refractivity contribution is -0.118. The molecular formula is C20H21F2N3OS. The molecule has 0 atom stereocenters. The first-order valence-electron chi connectivity index (χ1n) is 8.68. The van der Waals surface area contributed by atoms with Crippen LogP contribution in [0.25, 0.3) is 10.2 Å². The molecule has 7 heteroatoms. The van der Waals surface area contributed by atoms with Gasteiger partial charge in [-0.05, 0) is 38.7 Å². The van der Waals surface area contributed by atoms with E-state index in [4.69, 9.17) is 0 Å². The van der Waals surface area contributed by atoms with Crippen molar-refractivity contribution in [2.24, 2.45) is 0 Å². The summed E-state index contributed by atoms with van der Waals surface area (Å²) in [5.74, 6) is -1.47. The summed E-state index contributed by atoms with van der Waals surface area (Å²) in [5.41, 5.74) is 1.000. The van der Waals surface area contributed by atoms with Crippen molar-refractivity contribution in [1.82, 2.24) is 9.88 Å². The van der Waals surface area contributed by atoms with Crippen LogP contribution >= 0.6 is 11.3 Å². The second-order valence-electron chi connectivity index (χ2n) is 6.60. The van der Waals surface area contributed by atoms with E-state index < -0.39 is 11.6 Å². The molecule has 0 spiro atoms. The van der Waals surface area contributed by atoms with E-state index in [1.54, 1.807) is 4.90 Å². The average Bonchev–Trinajstić information content (AvgIpc) is 3.03. The second kappa shape index (κ2) is 8.54. The smallest absolute Gasteiger partial charge is 0.233 e. The van der Waals surface area contributed by atoms with Gasteiger partial charge in [0.15, 0.2) is 10.9 Å². The number of fused-ring (bicyclic) bond motifs is 1. The van der Waals surface area contributed by atoms with Gasteiger partial charge in [0, 0.05) is 12.6 Å². The summed E-state index contributed by atoms with van der Waals surface area (Å²) in [6, 6.07) is 11.5. The molecule has 1 heterocycles.